The second kappa shape index (κ2) is 22.7. The van der Waals surface area contributed by atoms with E-state index < -0.39 is 0 Å². The van der Waals surface area contributed by atoms with Crippen LogP contribution < -0.4 is 0 Å². The van der Waals surface area contributed by atoms with Crippen LogP contribution in [0.15, 0.2) is 12.7 Å². The van der Waals surface area contributed by atoms with Gasteiger partial charge in [-0.25, -0.2) is 0 Å². The molecule has 0 bridgehead atoms. The van der Waals surface area contributed by atoms with Crippen molar-refractivity contribution in [2.24, 2.45) is 0 Å². The minimum atomic E-state index is 0.889. The second-order valence-corrected chi connectivity index (χ2v) is 0.385. The maximum absolute atomic E-state index is 7.63. The van der Waals surface area contributed by atoms with Crippen molar-refractivity contribution in [2.45, 2.75) is 0 Å². The lowest BCUT2D eigenvalue weighted by atomic mass is 10.7. The summed E-state index contributed by atoms with van der Waals surface area (Å²) in [6, 6.07) is 0. The van der Waals surface area contributed by atoms with Gasteiger partial charge in [0.15, 0.2) is 0 Å². The number of hydrogen-bond acceptors (Lipinski definition) is 2. The highest BCUT2D eigenvalue weighted by Crippen LogP contribution is 1.57. The van der Waals surface area contributed by atoms with Crippen molar-refractivity contribution in [2.75, 3.05) is 0 Å². The molecule has 36 valence electrons. The van der Waals surface area contributed by atoms with E-state index in [4.69, 9.17) is 10.2 Å². The van der Waals surface area contributed by atoms with Crippen LogP contribution in [0, 0.1) is 13.7 Å². The van der Waals surface area contributed by atoms with Gasteiger partial charge >= 0.3 is 0 Å². The van der Waals surface area contributed by atoms with Crippen LogP contribution in [0.5, 0.6) is 0 Å². The second-order valence-electron chi connectivity index (χ2n) is 0.385. The quantitative estimate of drug-likeness (QED) is 0.499. The molecule has 0 rings (SSSR count). The van der Waals surface area contributed by atoms with Crippen LogP contribution in [0.4, 0.5) is 0 Å². The van der Waals surface area contributed by atoms with Crippen LogP contribution in [-0.4, -0.2) is 10.2 Å². The molecule has 6 heavy (non-hydrogen) atoms. The van der Waals surface area contributed by atoms with Crippen molar-refractivity contribution in [3.05, 3.63) is 26.4 Å². The fraction of sp³-hybridized carbons (Fsp3) is 0. The summed E-state index contributed by atoms with van der Waals surface area (Å²) >= 11 is 0. The van der Waals surface area contributed by atoms with E-state index in [1.807, 2.05) is 0 Å². The average molecular weight is 88.1 g/mol. The van der Waals surface area contributed by atoms with E-state index in [1.54, 1.807) is 0 Å². The van der Waals surface area contributed by atoms with E-state index in [1.165, 1.54) is 6.08 Å². The van der Waals surface area contributed by atoms with Gasteiger partial charge in [0, 0.05) is 0 Å². The van der Waals surface area contributed by atoms with Gasteiger partial charge < -0.3 is 10.2 Å². The maximum atomic E-state index is 7.63. The molecular weight excluding hydrogens is 80.0 g/mol. The molecule has 0 amide bonds. The van der Waals surface area contributed by atoms with Crippen molar-refractivity contribution in [1.29, 1.82) is 0 Å². The largest absolute Gasteiger partial charge is 0.394 e. The lowest BCUT2D eigenvalue weighted by Crippen LogP contribution is -1.49. The normalized spacial score (nSPS) is 5.17. The van der Waals surface area contributed by atoms with Gasteiger partial charge in [-0.15, -0.1) is 6.58 Å². The molecule has 0 spiro atoms. The fourth-order valence-electron chi connectivity index (χ4n) is 0. The summed E-state index contributed by atoms with van der Waals surface area (Å²) in [6.07, 6.45) is 1.31. The Morgan fingerprint density at radius 3 is 1.50 bits per heavy atom. The Morgan fingerprint density at radius 1 is 1.33 bits per heavy atom. The van der Waals surface area contributed by atoms with Gasteiger partial charge in [-0.2, -0.15) is 0 Å². The average Bonchev–Trinajstić information content (AvgIpc) is 1.72. The predicted octanol–water partition coefficient (Wildman–Crippen LogP) is 0.857. The number of rotatable bonds is 1. The van der Waals surface area contributed by atoms with E-state index in [0.29, 0.717) is 0 Å². The standard InChI is InChI=1S/C3H5O.CH3O/c1-2-3-4;1-2/h2-4H,1H2;2H,1H2. The first-order chi connectivity index (χ1) is 2.91. The maximum Gasteiger partial charge on any atom is 0.101 e. The van der Waals surface area contributed by atoms with Crippen LogP contribution in [0.3, 0.4) is 0 Å². The van der Waals surface area contributed by atoms with Crippen molar-refractivity contribution in [3.63, 3.8) is 0 Å². The number of aliphatic hydroxyl groups excluding tert-OH is 2. The van der Waals surface area contributed by atoms with E-state index in [9.17, 15) is 0 Å². The highest BCUT2D eigenvalue weighted by molar-refractivity contribution is 4.73. The van der Waals surface area contributed by atoms with Gasteiger partial charge in [0.05, 0.1) is 7.11 Å². The molecule has 0 saturated heterocycles. The molecule has 2 nitrogen and oxygen atoms in total. The molecular formula is C4H8O2. The zero-order chi connectivity index (χ0) is 5.41. The third-order valence-corrected chi connectivity index (χ3v) is 0.105. The molecule has 0 fully saturated rings. The molecule has 0 unspecified atom stereocenters. The first kappa shape index (κ1) is 9.18. The van der Waals surface area contributed by atoms with Crippen LogP contribution in [0.2, 0.25) is 0 Å². The molecule has 2 radical (unpaired) electrons. The Labute approximate surface area is 37.7 Å². The minimum Gasteiger partial charge on any atom is -0.394 e. The Bertz CT molecular complexity index is 19.5. The summed E-state index contributed by atoms with van der Waals surface area (Å²) in [5.41, 5.74) is 0. The number of aliphatic hydroxyl groups is 2. The van der Waals surface area contributed by atoms with E-state index in [2.05, 4.69) is 13.7 Å². The molecule has 0 aliphatic rings. The molecule has 0 heterocycles. The molecule has 0 aromatic carbocycles. The smallest absolute Gasteiger partial charge is 0.101 e. The third-order valence-electron chi connectivity index (χ3n) is 0.105. The van der Waals surface area contributed by atoms with Gasteiger partial charge in [-0.05, 0) is 0 Å². The SMILES string of the molecule is C=C[CH]O.[CH2]O. The summed E-state index contributed by atoms with van der Waals surface area (Å²) in [5.74, 6) is 0. The Kier molecular flexibility index (Phi) is 34.6. The van der Waals surface area contributed by atoms with Crippen LogP contribution in [-0.2, 0) is 0 Å². The molecule has 0 aromatic rings. The lowest BCUT2D eigenvalue weighted by molar-refractivity contribution is 0.421. The Morgan fingerprint density at radius 2 is 1.50 bits per heavy atom. The first-order valence-electron chi connectivity index (χ1n) is 1.32. The van der Waals surface area contributed by atoms with Crippen molar-refractivity contribution >= 4 is 0 Å². The van der Waals surface area contributed by atoms with Crippen molar-refractivity contribution in [1.82, 2.24) is 0 Å². The first-order valence-corrected chi connectivity index (χ1v) is 1.32. The van der Waals surface area contributed by atoms with Crippen LogP contribution in [0.1, 0.15) is 0 Å². The minimum absolute atomic E-state index is 0.889. The summed E-state index contributed by atoms with van der Waals surface area (Å²) in [7, 11) is 2.25. The molecule has 2 heteroatoms. The van der Waals surface area contributed by atoms with Gasteiger partial charge in [0.2, 0.25) is 0 Å². The molecule has 0 aromatic heterocycles. The fourth-order valence-corrected chi connectivity index (χ4v) is 0. The predicted molar refractivity (Wildman–Crippen MR) is 23.7 cm³/mol. The molecule has 2 N–H and O–H groups in total. The summed E-state index contributed by atoms with van der Waals surface area (Å²) in [5, 5.41) is 14.4. The van der Waals surface area contributed by atoms with E-state index in [0.717, 1.165) is 6.61 Å². The highest BCUT2D eigenvalue weighted by atomic mass is 16.2. The van der Waals surface area contributed by atoms with Crippen molar-refractivity contribution < 1.29 is 10.2 Å². The molecule has 0 aliphatic heterocycles. The van der Waals surface area contributed by atoms with Crippen LogP contribution in [0.25, 0.3) is 0 Å². The highest BCUT2D eigenvalue weighted by Gasteiger charge is 1.47. The molecule has 0 saturated carbocycles. The van der Waals surface area contributed by atoms with E-state index in [-0.39, 0.29) is 0 Å². The molecule has 0 atom stereocenters. The topological polar surface area (TPSA) is 40.5 Å². The van der Waals surface area contributed by atoms with E-state index >= 15 is 0 Å². The zero-order valence-electron chi connectivity index (χ0n) is 3.46. The number of hydrogen-bond donors (Lipinski definition) is 2. The molecule has 0 aliphatic carbocycles. The summed E-state index contributed by atoms with van der Waals surface area (Å²) < 4.78 is 0. The Hall–Kier alpha value is -0.340. The van der Waals surface area contributed by atoms with Gasteiger partial charge in [0.1, 0.15) is 6.61 Å². The monoisotopic (exact) mass is 88.1 g/mol. The van der Waals surface area contributed by atoms with Crippen LogP contribution >= 0.6 is 0 Å². The summed E-state index contributed by atoms with van der Waals surface area (Å²) in [6.45, 7) is 4.06. The third kappa shape index (κ3) is 59.5. The van der Waals surface area contributed by atoms with Crippen molar-refractivity contribution in [3.8, 4) is 0 Å². The van der Waals surface area contributed by atoms with Gasteiger partial charge in [0.25, 0.3) is 0 Å². The summed E-state index contributed by atoms with van der Waals surface area (Å²) in [4.78, 5) is 0. The lowest BCUT2D eigenvalue weighted by Gasteiger charge is -1.58. The zero-order valence-corrected chi connectivity index (χ0v) is 3.46. The Balaban J connectivity index is 0. The van der Waals surface area contributed by atoms with Gasteiger partial charge in [-0.3, -0.25) is 0 Å². The van der Waals surface area contributed by atoms with Gasteiger partial charge in [-0.1, -0.05) is 6.08 Å².